The molecule has 0 saturated carbocycles. The second kappa shape index (κ2) is 6.82. The van der Waals surface area contributed by atoms with Gasteiger partial charge in [-0.1, -0.05) is 24.3 Å². The molecule has 0 fully saturated rings. The van der Waals surface area contributed by atoms with Crippen LogP contribution in [0.5, 0.6) is 0 Å². The molecule has 0 amide bonds. The molecule has 1 N–H and O–H groups in total. The molecule has 0 aliphatic carbocycles. The van der Waals surface area contributed by atoms with Crippen LogP contribution in [0.4, 0.5) is 26.3 Å². The van der Waals surface area contributed by atoms with Gasteiger partial charge in [-0.2, -0.15) is 35.7 Å². The van der Waals surface area contributed by atoms with Crippen molar-refractivity contribution in [3.8, 4) is 0 Å². The Morgan fingerprint density at radius 3 is 1.35 bits per heavy atom. The summed E-state index contributed by atoms with van der Waals surface area (Å²) in [7, 11) is 0. The summed E-state index contributed by atoms with van der Waals surface area (Å²) in [6.07, 6.45) is -10.5. The maximum Gasteiger partial charge on any atom is 0.451 e. The van der Waals surface area contributed by atoms with Crippen LogP contribution < -0.4 is 16.7 Å². The monoisotopic (exact) mass is 441 g/mol. The lowest BCUT2D eigenvalue weighted by Gasteiger charge is -2.20. The highest BCUT2D eigenvalue weighted by Gasteiger charge is 2.40. The van der Waals surface area contributed by atoms with Gasteiger partial charge in [-0.15, -0.1) is 0 Å². The summed E-state index contributed by atoms with van der Waals surface area (Å²) in [6.45, 7) is 0. The van der Waals surface area contributed by atoms with Crippen molar-refractivity contribution >= 4 is 21.8 Å². The smallest absolute Gasteiger partial charge is 0.267 e. The fourth-order valence-corrected chi connectivity index (χ4v) is 2.93. The van der Waals surface area contributed by atoms with E-state index in [1.807, 2.05) is 0 Å². The minimum absolute atomic E-state index is 0.255. The first kappa shape index (κ1) is 20.4. The predicted octanol–water partition coefficient (Wildman–Crippen LogP) is 3.15. The van der Waals surface area contributed by atoms with Crippen LogP contribution in [0.3, 0.4) is 0 Å². The van der Waals surface area contributed by atoms with Gasteiger partial charge in [0.2, 0.25) is 11.6 Å². The number of para-hydroxylation sites is 2. The molecule has 160 valence electrons. The third-order valence-electron chi connectivity index (χ3n) is 4.26. The molecule has 2 heterocycles. The zero-order chi connectivity index (χ0) is 22.6. The van der Waals surface area contributed by atoms with E-state index in [9.17, 15) is 35.9 Å². The molecule has 0 spiro atoms. The average molecular weight is 441 g/mol. The zero-order valence-electron chi connectivity index (χ0n) is 15.0. The van der Waals surface area contributed by atoms with Crippen molar-refractivity contribution in [2.75, 3.05) is 5.53 Å². The van der Waals surface area contributed by atoms with Crippen molar-refractivity contribution < 1.29 is 26.3 Å². The number of benzene rings is 2. The van der Waals surface area contributed by atoms with Crippen LogP contribution >= 0.6 is 0 Å². The van der Waals surface area contributed by atoms with Crippen molar-refractivity contribution in [3.05, 3.63) is 80.9 Å². The van der Waals surface area contributed by atoms with E-state index in [1.165, 1.54) is 24.3 Å². The third kappa shape index (κ3) is 3.47. The van der Waals surface area contributed by atoms with Crippen LogP contribution in [0.1, 0.15) is 11.6 Å². The normalized spacial score (nSPS) is 12.5. The standard InChI is InChI=1S/C18H9F6N5O2/c19-17(20,21)15-25-11-7-3-1-5-9(11)13(30)28(15)27-29-14(31)10-6-2-4-8-12(10)26-16(29)18(22,23)24/h1-8,27H. The quantitative estimate of drug-likeness (QED) is 0.484. The van der Waals surface area contributed by atoms with Crippen LogP contribution in [-0.2, 0) is 12.4 Å². The Bertz CT molecular complexity index is 1330. The molecule has 0 radical (unpaired) electrons. The number of rotatable bonds is 2. The molecule has 2 aromatic carbocycles. The average Bonchev–Trinajstić information content (AvgIpc) is 2.70. The van der Waals surface area contributed by atoms with Gasteiger partial charge in [0, 0.05) is 0 Å². The molecule has 2 aromatic heterocycles. The van der Waals surface area contributed by atoms with Gasteiger partial charge in [-0.3, -0.25) is 9.59 Å². The number of fused-ring (bicyclic) bond motifs is 2. The van der Waals surface area contributed by atoms with Crippen LogP contribution in [0.2, 0.25) is 0 Å². The topological polar surface area (TPSA) is 81.8 Å². The number of aromatic nitrogens is 4. The number of halogens is 6. The highest BCUT2D eigenvalue weighted by atomic mass is 19.4. The molecule has 31 heavy (non-hydrogen) atoms. The van der Waals surface area contributed by atoms with E-state index in [2.05, 4.69) is 9.97 Å². The lowest BCUT2D eigenvalue weighted by molar-refractivity contribution is -0.149. The maximum atomic E-state index is 13.6. The molecule has 0 bridgehead atoms. The Labute approximate surface area is 167 Å². The molecule has 13 heteroatoms. The first-order chi connectivity index (χ1) is 14.5. The van der Waals surface area contributed by atoms with Crippen LogP contribution in [0, 0.1) is 0 Å². The molecule has 7 nitrogen and oxygen atoms in total. The first-order valence-electron chi connectivity index (χ1n) is 8.43. The molecular formula is C18H9F6N5O2. The second-order valence-corrected chi connectivity index (χ2v) is 6.28. The van der Waals surface area contributed by atoms with Gasteiger partial charge in [0.15, 0.2) is 0 Å². The molecule has 4 aromatic rings. The van der Waals surface area contributed by atoms with E-state index in [0.29, 0.717) is 0 Å². The molecule has 0 unspecified atom stereocenters. The van der Waals surface area contributed by atoms with E-state index in [-0.39, 0.29) is 31.2 Å². The van der Waals surface area contributed by atoms with Gasteiger partial charge < -0.3 is 0 Å². The largest absolute Gasteiger partial charge is 0.451 e. The van der Waals surface area contributed by atoms with Crippen molar-refractivity contribution in [1.82, 2.24) is 19.3 Å². The molecule has 0 aliphatic heterocycles. The molecule has 4 rings (SSSR count). The number of hydrogen-bond acceptors (Lipinski definition) is 5. The summed E-state index contributed by atoms with van der Waals surface area (Å²) in [4.78, 5) is 32.1. The van der Waals surface area contributed by atoms with E-state index >= 15 is 0 Å². The van der Waals surface area contributed by atoms with Gasteiger partial charge in [0.1, 0.15) is 0 Å². The van der Waals surface area contributed by atoms with Crippen LogP contribution in [0.25, 0.3) is 21.8 Å². The highest BCUT2D eigenvalue weighted by Crippen LogP contribution is 2.29. The van der Waals surface area contributed by atoms with E-state index in [0.717, 1.165) is 24.3 Å². The fraction of sp³-hybridized carbons (Fsp3) is 0.111. The maximum absolute atomic E-state index is 13.6. The summed E-state index contributed by atoms with van der Waals surface area (Å²) in [5.41, 5.74) is -1.74. The predicted molar refractivity (Wildman–Crippen MR) is 96.8 cm³/mol. The number of hydrogen-bond donors (Lipinski definition) is 1. The minimum atomic E-state index is -5.23. The lowest BCUT2D eigenvalue weighted by Crippen LogP contribution is -2.45. The fourth-order valence-electron chi connectivity index (χ4n) is 2.93. The van der Waals surface area contributed by atoms with Gasteiger partial charge in [-0.05, 0) is 24.3 Å². The summed E-state index contributed by atoms with van der Waals surface area (Å²) in [5, 5.41) is -0.614. The molecular weight excluding hydrogens is 432 g/mol. The van der Waals surface area contributed by atoms with Crippen molar-refractivity contribution in [3.63, 3.8) is 0 Å². The van der Waals surface area contributed by atoms with E-state index in [1.54, 1.807) is 5.53 Å². The number of nitrogens with zero attached hydrogens (tertiary/aromatic N) is 4. The van der Waals surface area contributed by atoms with Crippen molar-refractivity contribution in [2.24, 2.45) is 0 Å². The third-order valence-corrected chi connectivity index (χ3v) is 4.26. The Kier molecular flexibility index (Phi) is 4.48. The molecule has 0 saturated heterocycles. The summed E-state index contributed by atoms with van der Waals surface area (Å²) < 4.78 is 80.8. The van der Waals surface area contributed by atoms with Gasteiger partial charge in [0.25, 0.3) is 11.1 Å². The summed E-state index contributed by atoms with van der Waals surface area (Å²) >= 11 is 0. The Balaban J connectivity index is 2.07. The SMILES string of the molecule is O=c1c2ccccc2nc(C(F)(F)F)n1Nn1c(C(F)(F)F)nc2ccccc2c1=O. The number of nitrogens with one attached hydrogen (secondary N) is 1. The van der Waals surface area contributed by atoms with Crippen molar-refractivity contribution in [2.45, 2.75) is 12.4 Å². The van der Waals surface area contributed by atoms with Gasteiger partial charge in [-0.25, -0.2) is 15.5 Å². The Morgan fingerprint density at radius 2 is 1.00 bits per heavy atom. The number of alkyl halides is 6. The summed E-state index contributed by atoms with van der Waals surface area (Å²) in [6, 6.07) is 9.94. The zero-order valence-corrected chi connectivity index (χ0v) is 15.0. The Morgan fingerprint density at radius 1 is 0.645 bits per heavy atom. The van der Waals surface area contributed by atoms with Gasteiger partial charge >= 0.3 is 12.4 Å². The van der Waals surface area contributed by atoms with Crippen LogP contribution in [-0.4, -0.2) is 19.3 Å². The van der Waals surface area contributed by atoms with Gasteiger partial charge in [0.05, 0.1) is 21.8 Å². The highest BCUT2D eigenvalue weighted by molar-refractivity contribution is 5.78. The summed E-state index contributed by atoms with van der Waals surface area (Å²) in [5.74, 6) is -3.69. The van der Waals surface area contributed by atoms with Crippen molar-refractivity contribution in [1.29, 1.82) is 0 Å². The lowest BCUT2D eigenvalue weighted by atomic mass is 10.2. The minimum Gasteiger partial charge on any atom is -0.267 e. The Hall–Kier alpha value is -3.90. The van der Waals surface area contributed by atoms with Crippen LogP contribution in [0.15, 0.2) is 58.1 Å². The molecule has 0 atom stereocenters. The molecule has 0 aliphatic rings. The van der Waals surface area contributed by atoms with E-state index in [4.69, 9.17) is 0 Å². The first-order valence-corrected chi connectivity index (χ1v) is 8.43. The van der Waals surface area contributed by atoms with E-state index < -0.39 is 35.1 Å². The second-order valence-electron chi connectivity index (χ2n) is 6.28.